The number of hydrogen-bond donors (Lipinski definition) is 1. The maximum atomic E-state index is 13.6. The van der Waals surface area contributed by atoms with Crippen molar-refractivity contribution in [2.24, 2.45) is 5.10 Å². The van der Waals surface area contributed by atoms with E-state index in [1.165, 1.54) is 12.3 Å². The molecule has 0 spiro atoms. The van der Waals surface area contributed by atoms with Gasteiger partial charge >= 0.3 is 0 Å². The van der Waals surface area contributed by atoms with E-state index in [0.29, 0.717) is 15.8 Å². The molecule has 144 valence electrons. The van der Waals surface area contributed by atoms with Crippen molar-refractivity contribution in [1.29, 1.82) is 5.26 Å². The minimum absolute atomic E-state index is 0.228. The van der Waals surface area contributed by atoms with Gasteiger partial charge in [-0.15, -0.1) is 0 Å². The highest BCUT2D eigenvalue weighted by Crippen LogP contribution is 2.22. The largest absolute Gasteiger partial charge is 0.484 e. The molecule has 1 amide bonds. The lowest BCUT2D eigenvalue weighted by Crippen LogP contribution is -2.24. The molecule has 1 N–H and O–H groups in total. The van der Waals surface area contributed by atoms with Crippen LogP contribution in [-0.4, -0.2) is 18.7 Å². The van der Waals surface area contributed by atoms with Crippen LogP contribution in [0.1, 0.15) is 11.1 Å². The van der Waals surface area contributed by atoms with E-state index in [-0.39, 0.29) is 12.2 Å². The fourth-order valence-corrected chi connectivity index (χ4v) is 2.83. The van der Waals surface area contributed by atoms with E-state index < -0.39 is 11.7 Å². The zero-order chi connectivity index (χ0) is 20.6. The molecule has 0 aliphatic carbocycles. The van der Waals surface area contributed by atoms with Crippen LogP contribution in [0.2, 0.25) is 0 Å². The minimum atomic E-state index is -0.465. The highest BCUT2D eigenvalue weighted by Gasteiger charge is 2.04. The summed E-state index contributed by atoms with van der Waals surface area (Å²) in [7, 11) is 0. The first-order valence-corrected chi connectivity index (χ1v) is 9.35. The zero-order valence-electron chi connectivity index (χ0n) is 15.1. The molecule has 0 radical (unpaired) electrons. The van der Waals surface area contributed by atoms with E-state index in [4.69, 9.17) is 10.00 Å². The molecule has 0 aliphatic heterocycles. The van der Waals surface area contributed by atoms with Gasteiger partial charge in [-0.2, -0.15) is 10.4 Å². The summed E-state index contributed by atoms with van der Waals surface area (Å²) in [6, 6.07) is 21.0. The second kappa shape index (κ2) is 9.62. The average Bonchev–Trinajstić information content (AvgIpc) is 2.75. The van der Waals surface area contributed by atoms with Crippen molar-refractivity contribution in [2.75, 3.05) is 6.61 Å². The Morgan fingerprint density at radius 1 is 1.10 bits per heavy atom. The van der Waals surface area contributed by atoms with Gasteiger partial charge in [0.1, 0.15) is 11.6 Å². The number of nitrogens with one attached hydrogen (secondary N) is 1. The molecule has 0 atom stereocenters. The minimum Gasteiger partial charge on any atom is -0.484 e. The smallest absolute Gasteiger partial charge is 0.277 e. The molecule has 0 aliphatic rings. The number of hydrogen-bond acceptors (Lipinski definition) is 4. The molecule has 3 aromatic rings. The number of hydrazone groups is 1. The van der Waals surface area contributed by atoms with Crippen molar-refractivity contribution in [3.63, 3.8) is 0 Å². The maximum Gasteiger partial charge on any atom is 0.277 e. The fraction of sp³-hybridized carbons (Fsp3) is 0.0455. The van der Waals surface area contributed by atoms with Crippen molar-refractivity contribution in [2.45, 2.75) is 0 Å². The Kier molecular flexibility index (Phi) is 6.72. The Hall–Kier alpha value is -3.50. The topological polar surface area (TPSA) is 74.5 Å². The quantitative estimate of drug-likeness (QED) is 0.437. The molecule has 29 heavy (non-hydrogen) atoms. The molecule has 0 bridgehead atoms. The Labute approximate surface area is 175 Å². The third-order valence-electron chi connectivity index (χ3n) is 3.92. The van der Waals surface area contributed by atoms with Crippen molar-refractivity contribution >= 4 is 28.1 Å². The van der Waals surface area contributed by atoms with Crippen LogP contribution in [0.5, 0.6) is 5.75 Å². The Balaban J connectivity index is 1.51. The fourth-order valence-electron chi connectivity index (χ4n) is 2.45. The molecule has 3 rings (SSSR count). The number of nitrogens with zero attached hydrogens (tertiary/aromatic N) is 2. The Bertz CT molecular complexity index is 1070. The SMILES string of the molecule is N#Cc1ccc(-c2ccc(OCC(=O)N/N=C/c3cc(Br)ccc3F)cc2)cc1. The number of rotatable bonds is 6. The zero-order valence-corrected chi connectivity index (χ0v) is 16.7. The van der Waals surface area contributed by atoms with E-state index in [0.717, 1.165) is 11.1 Å². The molecule has 0 saturated carbocycles. The van der Waals surface area contributed by atoms with E-state index >= 15 is 0 Å². The summed E-state index contributed by atoms with van der Waals surface area (Å²) in [5, 5.41) is 12.6. The molecule has 0 saturated heterocycles. The molecular weight excluding hydrogens is 437 g/mol. The molecular formula is C22H15BrFN3O2. The summed E-state index contributed by atoms with van der Waals surface area (Å²) in [5.41, 5.74) is 5.08. The van der Waals surface area contributed by atoms with Crippen LogP contribution in [-0.2, 0) is 4.79 Å². The summed E-state index contributed by atoms with van der Waals surface area (Å²) >= 11 is 3.25. The molecule has 7 heteroatoms. The summed E-state index contributed by atoms with van der Waals surface area (Å²) in [6.45, 7) is -0.228. The van der Waals surface area contributed by atoms with Gasteiger partial charge in [-0.3, -0.25) is 4.79 Å². The van der Waals surface area contributed by atoms with E-state index in [2.05, 4.69) is 32.5 Å². The number of nitriles is 1. The van der Waals surface area contributed by atoms with Crippen molar-refractivity contribution in [3.8, 4) is 22.9 Å². The summed E-state index contributed by atoms with van der Waals surface area (Å²) in [6.07, 6.45) is 1.23. The third-order valence-corrected chi connectivity index (χ3v) is 4.42. The standard InChI is InChI=1S/C22H15BrFN3O2/c23-19-7-10-21(24)18(11-19)13-26-27-22(28)14-29-20-8-5-17(6-9-20)16-3-1-15(12-25)2-4-16/h1-11,13H,14H2,(H,27,28)/b26-13+. The monoisotopic (exact) mass is 451 g/mol. The van der Waals surface area contributed by atoms with Gasteiger partial charge in [-0.25, -0.2) is 9.82 Å². The Morgan fingerprint density at radius 2 is 1.76 bits per heavy atom. The van der Waals surface area contributed by atoms with Gasteiger partial charge in [0.2, 0.25) is 0 Å². The maximum absolute atomic E-state index is 13.6. The second-order valence-electron chi connectivity index (χ2n) is 5.96. The van der Waals surface area contributed by atoms with Crippen LogP contribution >= 0.6 is 15.9 Å². The van der Waals surface area contributed by atoms with Gasteiger partial charge in [0.15, 0.2) is 6.61 Å². The van der Waals surface area contributed by atoms with Gasteiger partial charge in [0, 0.05) is 10.0 Å². The first-order valence-electron chi connectivity index (χ1n) is 8.55. The van der Waals surface area contributed by atoms with Crippen molar-refractivity contribution < 1.29 is 13.9 Å². The van der Waals surface area contributed by atoms with E-state index in [1.54, 1.807) is 36.4 Å². The lowest BCUT2D eigenvalue weighted by Gasteiger charge is -2.07. The predicted octanol–water partition coefficient (Wildman–Crippen LogP) is 4.66. The van der Waals surface area contributed by atoms with Crippen LogP contribution in [0.15, 0.2) is 76.3 Å². The van der Waals surface area contributed by atoms with E-state index in [9.17, 15) is 9.18 Å². The number of ether oxygens (including phenoxy) is 1. The van der Waals surface area contributed by atoms with Crippen molar-refractivity contribution in [3.05, 3.63) is 88.1 Å². The van der Waals surface area contributed by atoms with Gasteiger partial charge in [-0.1, -0.05) is 40.2 Å². The van der Waals surface area contributed by atoms with Crippen LogP contribution in [0.4, 0.5) is 4.39 Å². The third kappa shape index (κ3) is 5.74. The van der Waals surface area contributed by atoms with Crippen LogP contribution < -0.4 is 10.2 Å². The van der Waals surface area contributed by atoms with Crippen LogP contribution in [0.3, 0.4) is 0 Å². The van der Waals surface area contributed by atoms with Gasteiger partial charge < -0.3 is 4.74 Å². The average molecular weight is 452 g/mol. The summed E-state index contributed by atoms with van der Waals surface area (Å²) in [5.74, 6) is -0.378. The van der Waals surface area contributed by atoms with Crippen LogP contribution in [0.25, 0.3) is 11.1 Å². The van der Waals surface area contributed by atoms with Crippen LogP contribution in [0, 0.1) is 17.1 Å². The van der Waals surface area contributed by atoms with Gasteiger partial charge in [0.25, 0.3) is 5.91 Å². The molecule has 3 aromatic carbocycles. The summed E-state index contributed by atoms with van der Waals surface area (Å²) < 4.78 is 19.7. The summed E-state index contributed by atoms with van der Waals surface area (Å²) in [4.78, 5) is 11.8. The number of carbonyl (C=O) groups excluding carboxylic acids is 1. The first-order chi connectivity index (χ1) is 14.0. The van der Waals surface area contributed by atoms with Gasteiger partial charge in [-0.05, 0) is 53.6 Å². The predicted molar refractivity (Wildman–Crippen MR) is 112 cm³/mol. The number of benzene rings is 3. The molecule has 0 fully saturated rings. The lowest BCUT2D eigenvalue weighted by atomic mass is 10.0. The first kappa shape index (κ1) is 20.2. The normalized spacial score (nSPS) is 10.5. The molecule has 0 aromatic heterocycles. The second-order valence-corrected chi connectivity index (χ2v) is 6.88. The highest BCUT2D eigenvalue weighted by molar-refractivity contribution is 9.10. The lowest BCUT2D eigenvalue weighted by molar-refractivity contribution is -0.123. The van der Waals surface area contributed by atoms with E-state index in [1.807, 2.05) is 24.3 Å². The van der Waals surface area contributed by atoms with Gasteiger partial charge in [0.05, 0.1) is 17.8 Å². The van der Waals surface area contributed by atoms with Crippen molar-refractivity contribution in [1.82, 2.24) is 5.43 Å². The number of carbonyl (C=O) groups is 1. The Morgan fingerprint density at radius 3 is 2.41 bits per heavy atom. The number of amides is 1. The molecule has 0 unspecified atom stereocenters. The number of halogens is 2. The highest BCUT2D eigenvalue weighted by atomic mass is 79.9. The molecule has 5 nitrogen and oxygen atoms in total. The molecule has 0 heterocycles.